The summed E-state index contributed by atoms with van der Waals surface area (Å²) in [6.07, 6.45) is 8.50. The van der Waals surface area contributed by atoms with Crippen molar-refractivity contribution >= 4 is 17.3 Å². The highest BCUT2D eigenvalue weighted by atomic mass is 32.1. The lowest BCUT2D eigenvalue weighted by Crippen LogP contribution is -2.32. The fraction of sp³-hybridized carbons (Fsp3) is 0.545. The molecule has 1 aromatic carbocycles. The molecule has 0 amide bonds. The Morgan fingerprint density at radius 3 is 2.59 bits per heavy atom. The Morgan fingerprint density at radius 2 is 1.89 bits per heavy atom. The molecule has 27 heavy (non-hydrogen) atoms. The van der Waals surface area contributed by atoms with Crippen molar-refractivity contribution in [2.45, 2.75) is 70.3 Å². The number of carboxylic acids is 1. The van der Waals surface area contributed by atoms with Gasteiger partial charge in [-0.15, -0.1) is 11.3 Å². The minimum Gasteiger partial charge on any atom is -0.481 e. The molecule has 0 spiro atoms. The molecule has 0 radical (unpaired) electrons. The summed E-state index contributed by atoms with van der Waals surface area (Å²) in [4.78, 5) is 16.8. The number of unbranched alkanes of at least 4 members (excludes halogenated alkanes) is 2. The number of nitrogens with zero attached hydrogens (tertiary/aromatic N) is 1. The maximum absolute atomic E-state index is 10.7. The number of carboxylic acid groups (broad SMARTS) is 1. The maximum atomic E-state index is 10.7. The summed E-state index contributed by atoms with van der Waals surface area (Å²) in [6.45, 7) is 2.76. The molecule has 5 heteroatoms. The molecule has 0 bridgehead atoms. The number of benzene rings is 1. The summed E-state index contributed by atoms with van der Waals surface area (Å²) in [7, 11) is 0. The fourth-order valence-electron chi connectivity index (χ4n) is 3.91. The van der Waals surface area contributed by atoms with E-state index in [1.54, 1.807) is 11.3 Å². The van der Waals surface area contributed by atoms with Crippen molar-refractivity contribution in [2.24, 2.45) is 0 Å². The number of aromatic nitrogens is 1. The Morgan fingerprint density at radius 1 is 1.15 bits per heavy atom. The molecule has 0 unspecified atom stereocenters. The SMILES string of the molecule is Cc1nc(-c2ccccc2)c(C2(OCCCCCC(=O)O)CCCCC2)s1. The molecule has 146 valence electrons. The van der Waals surface area contributed by atoms with E-state index in [1.165, 1.54) is 24.1 Å². The highest BCUT2D eigenvalue weighted by molar-refractivity contribution is 7.12. The molecule has 1 fully saturated rings. The Hall–Kier alpha value is -1.72. The molecule has 3 rings (SSSR count). The number of ether oxygens (including phenoxy) is 1. The molecule has 0 saturated heterocycles. The fourth-order valence-corrected chi connectivity index (χ4v) is 5.05. The van der Waals surface area contributed by atoms with E-state index in [-0.39, 0.29) is 12.0 Å². The van der Waals surface area contributed by atoms with Crippen LogP contribution in [0.2, 0.25) is 0 Å². The van der Waals surface area contributed by atoms with E-state index in [0.29, 0.717) is 6.61 Å². The maximum Gasteiger partial charge on any atom is 0.303 e. The van der Waals surface area contributed by atoms with Gasteiger partial charge in [0.2, 0.25) is 0 Å². The van der Waals surface area contributed by atoms with E-state index < -0.39 is 5.97 Å². The third-order valence-corrected chi connectivity index (χ3v) is 6.43. The van der Waals surface area contributed by atoms with E-state index in [1.807, 2.05) is 6.07 Å². The first-order valence-corrected chi connectivity index (χ1v) is 10.8. The Kier molecular flexibility index (Phi) is 7.02. The lowest BCUT2D eigenvalue weighted by molar-refractivity contribution is -0.137. The van der Waals surface area contributed by atoms with Crippen LogP contribution in [0.3, 0.4) is 0 Å². The highest BCUT2D eigenvalue weighted by Crippen LogP contribution is 2.47. The van der Waals surface area contributed by atoms with Gasteiger partial charge in [-0.2, -0.15) is 0 Å². The van der Waals surface area contributed by atoms with E-state index in [4.69, 9.17) is 14.8 Å². The summed E-state index contributed by atoms with van der Waals surface area (Å²) in [6, 6.07) is 10.4. The second kappa shape index (κ2) is 9.47. The zero-order valence-electron chi connectivity index (χ0n) is 16.1. The smallest absolute Gasteiger partial charge is 0.303 e. The van der Waals surface area contributed by atoms with Crippen LogP contribution in [0.4, 0.5) is 0 Å². The normalized spacial score (nSPS) is 16.3. The molecule has 4 nitrogen and oxygen atoms in total. The van der Waals surface area contributed by atoms with Crippen molar-refractivity contribution in [3.05, 3.63) is 40.2 Å². The summed E-state index contributed by atoms with van der Waals surface area (Å²) in [5.74, 6) is -0.715. The largest absolute Gasteiger partial charge is 0.481 e. The molecular weight excluding hydrogens is 358 g/mol. The van der Waals surface area contributed by atoms with Gasteiger partial charge in [-0.05, 0) is 32.6 Å². The minimum absolute atomic E-state index is 0.234. The average molecular weight is 388 g/mol. The molecule has 2 aromatic rings. The molecule has 0 atom stereocenters. The summed E-state index contributed by atoms with van der Waals surface area (Å²) < 4.78 is 6.56. The van der Waals surface area contributed by atoms with Crippen molar-refractivity contribution in [2.75, 3.05) is 6.61 Å². The predicted octanol–water partition coefficient (Wildman–Crippen LogP) is 5.94. The van der Waals surface area contributed by atoms with Gasteiger partial charge in [0.25, 0.3) is 0 Å². The molecule has 1 heterocycles. The van der Waals surface area contributed by atoms with Crippen LogP contribution in [0, 0.1) is 6.92 Å². The van der Waals surface area contributed by atoms with Crippen molar-refractivity contribution in [3.8, 4) is 11.3 Å². The van der Waals surface area contributed by atoms with Gasteiger partial charge in [-0.3, -0.25) is 4.79 Å². The van der Waals surface area contributed by atoms with E-state index in [2.05, 4.69) is 31.2 Å². The standard InChI is InChI=1S/C22H29NO3S/c1-17-23-20(18-11-5-2-6-12-18)21(27-17)22(14-8-4-9-15-22)26-16-10-3-7-13-19(24)25/h2,5-6,11-12H,3-4,7-10,13-16H2,1H3,(H,24,25). The first kappa shape index (κ1) is 20.0. The summed E-state index contributed by atoms with van der Waals surface area (Å²) in [5.41, 5.74) is 2.00. The third kappa shape index (κ3) is 5.17. The van der Waals surface area contributed by atoms with Gasteiger partial charge in [0.05, 0.1) is 15.6 Å². The first-order chi connectivity index (χ1) is 13.1. The molecule has 1 aromatic heterocycles. The summed E-state index contributed by atoms with van der Waals surface area (Å²) >= 11 is 1.77. The zero-order chi connectivity index (χ0) is 19.1. The van der Waals surface area contributed by atoms with Crippen molar-refractivity contribution in [1.29, 1.82) is 0 Å². The van der Waals surface area contributed by atoms with Gasteiger partial charge in [0.15, 0.2) is 0 Å². The number of aryl methyl sites for hydroxylation is 1. The van der Waals surface area contributed by atoms with Crippen LogP contribution in [-0.4, -0.2) is 22.7 Å². The van der Waals surface area contributed by atoms with E-state index >= 15 is 0 Å². The summed E-state index contributed by atoms with van der Waals surface area (Å²) in [5, 5.41) is 9.85. The van der Waals surface area contributed by atoms with Crippen molar-refractivity contribution < 1.29 is 14.6 Å². The van der Waals surface area contributed by atoms with Gasteiger partial charge in [-0.25, -0.2) is 4.98 Å². The van der Waals surface area contributed by atoms with Gasteiger partial charge < -0.3 is 9.84 Å². The van der Waals surface area contributed by atoms with Gasteiger partial charge in [-0.1, -0.05) is 56.0 Å². The van der Waals surface area contributed by atoms with Crippen molar-refractivity contribution in [1.82, 2.24) is 4.98 Å². The predicted molar refractivity (Wildman–Crippen MR) is 109 cm³/mol. The average Bonchev–Trinajstić information content (AvgIpc) is 3.08. The van der Waals surface area contributed by atoms with Crippen LogP contribution in [0.25, 0.3) is 11.3 Å². The molecule has 0 aliphatic heterocycles. The number of thiazole rings is 1. The first-order valence-electron chi connectivity index (χ1n) is 10.00. The topological polar surface area (TPSA) is 59.4 Å². The van der Waals surface area contributed by atoms with Crippen LogP contribution in [0.15, 0.2) is 30.3 Å². The van der Waals surface area contributed by atoms with Crippen molar-refractivity contribution in [3.63, 3.8) is 0 Å². The van der Waals surface area contributed by atoms with Gasteiger partial charge in [0.1, 0.15) is 5.60 Å². The Balaban J connectivity index is 1.76. The van der Waals surface area contributed by atoms with Crippen LogP contribution < -0.4 is 0 Å². The van der Waals surface area contributed by atoms with Crippen LogP contribution in [-0.2, 0) is 15.1 Å². The van der Waals surface area contributed by atoms with Crippen LogP contribution in [0.5, 0.6) is 0 Å². The molecule has 1 N–H and O–H groups in total. The van der Waals surface area contributed by atoms with E-state index in [9.17, 15) is 4.79 Å². The number of rotatable bonds is 9. The molecule has 1 aliphatic rings. The van der Waals surface area contributed by atoms with Gasteiger partial charge in [0, 0.05) is 18.6 Å². The van der Waals surface area contributed by atoms with Gasteiger partial charge >= 0.3 is 5.97 Å². The van der Waals surface area contributed by atoms with Crippen LogP contribution >= 0.6 is 11.3 Å². The molecule has 1 saturated carbocycles. The Labute approximate surface area is 165 Å². The highest BCUT2D eigenvalue weighted by Gasteiger charge is 2.39. The van der Waals surface area contributed by atoms with E-state index in [0.717, 1.165) is 48.4 Å². The second-order valence-corrected chi connectivity index (χ2v) is 8.59. The Bertz CT molecular complexity index is 735. The monoisotopic (exact) mass is 387 g/mol. The van der Waals surface area contributed by atoms with Crippen LogP contribution in [0.1, 0.15) is 67.7 Å². The number of aliphatic carboxylic acids is 1. The number of hydrogen-bond acceptors (Lipinski definition) is 4. The molecular formula is C22H29NO3S. The number of carbonyl (C=O) groups is 1. The number of hydrogen-bond donors (Lipinski definition) is 1. The lowest BCUT2D eigenvalue weighted by atomic mass is 9.82. The molecule has 1 aliphatic carbocycles. The quantitative estimate of drug-likeness (QED) is 0.541. The third-order valence-electron chi connectivity index (χ3n) is 5.27. The second-order valence-electron chi connectivity index (χ2n) is 7.38. The lowest BCUT2D eigenvalue weighted by Gasteiger charge is -2.37. The minimum atomic E-state index is -0.715. The zero-order valence-corrected chi connectivity index (χ0v) is 16.9.